The Balaban J connectivity index is 2.13. The van der Waals surface area contributed by atoms with Gasteiger partial charge in [-0.25, -0.2) is 5.43 Å². The van der Waals surface area contributed by atoms with Crippen molar-refractivity contribution in [3.8, 4) is 0 Å². The molecule has 4 nitrogen and oxygen atoms in total. The highest BCUT2D eigenvalue weighted by Crippen LogP contribution is 2.24. The Hall–Kier alpha value is -2.30. The quantitative estimate of drug-likeness (QED) is 0.563. The second-order valence-electron chi connectivity index (χ2n) is 4.77. The van der Waals surface area contributed by atoms with Crippen molar-refractivity contribution in [2.45, 2.75) is 13.0 Å². The lowest BCUT2D eigenvalue weighted by Gasteiger charge is -2.17. The highest BCUT2D eigenvalue weighted by Gasteiger charge is 2.15. The van der Waals surface area contributed by atoms with E-state index in [4.69, 9.17) is 10.8 Å². The largest absolute Gasteiger partial charge is 0.271 e. The van der Waals surface area contributed by atoms with Gasteiger partial charge in [0.15, 0.2) is 0 Å². The van der Waals surface area contributed by atoms with E-state index in [9.17, 15) is 0 Å². The van der Waals surface area contributed by atoms with Gasteiger partial charge in [-0.2, -0.15) is 0 Å². The SMILES string of the molecule is Cc1cc(C(NN)c2cccnc2)nc2ccccc12. The van der Waals surface area contributed by atoms with Crippen LogP contribution in [0.1, 0.15) is 22.9 Å². The first-order chi connectivity index (χ1) is 9.79. The lowest BCUT2D eigenvalue weighted by atomic mass is 10.0. The summed E-state index contributed by atoms with van der Waals surface area (Å²) in [5, 5.41) is 1.17. The standard InChI is InChI=1S/C16H16N4/c1-11-9-15(19-14-7-3-2-6-13(11)14)16(20-17)12-5-4-8-18-10-12/h2-10,16,20H,17H2,1H3. The van der Waals surface area contributed by atoms with Crippen LogP contribution >= 0.6 is 0 Å². The molecule has 2 heterocycles. The molecule has 3 aromatic rings. The zero-order chi connectivity index (χ0) is 13.9. The van der Waals surface area contributed by atoms with Gasteiger partial charge in [-0.1, -0.05) is 24.3 Å². The number of aryl methyl sites for hydroxylation is 1. The minimum Gasteiger partial charge on any atom is -0.271 e. The molecule has 0 fully saturated rings. The lowest BCUT2D eigenvalue weighted by Crippen LogP contribution is -2.29. The molecular formula is C16H16N4. The molecule has 0 aliphatic heterocycles. The molecule has 0 bridgehead atoms. The maximum Gasteiger partial charge on any atom is 0.0896 e. The molecule has 0 radical (unpaired) electrons. The van der Waals surface area contributed by atoms with Gasteiger partial charge in [0.2, 0.25) is 0 Å². The summed E-state index contributed by atoms with van der Waals surface area (Å²) in [6.45, 7) is 2.09. The maximum atomic E-state index is 5.71. The number of hydrazine groups is 1. The van der Waals surface area contributed by atoms with Crippen LogP contribution in [0.5, 0.6) is 0 Å². The second kappa shape index (κ2) is 5.36. The molecule has 100 valence electrons. The molecule has 0 aliphatic rings. The Labute approximate surface area is 117 Å². The number of pyridine rings is 2. The van der Waals surface area contributed by atoms with E-state index in [1.165, 1.54) is 10.9 Å². The van der Waals surface area contributed by atoms with Crippen LogP contribution in [0, 0.1) is 6.92 Å². The minimum atomic E-state index is -0.160. The molecule has 0 saturated heterocycles. The first-order valence-electron chi connectivity index (χ1n) is 6.52. The summed E-state index contributed by atoms with van der Waals surface area (Å²) in [5.41, 5.74) is 6.89. The Morgan fingerprint density at radius 3 is 2.75 bits per heavy atom. The number of nitrogens with one attached hydrogen (secondary N) is 1. The Kier molecular flexibility index (Phi) is 3.41. The summed E-state index contributed by atoms with van der Waals surface area (Å²) in [4.78, 5) is 8.85. The van der Waals surface area contributed by atoms with Gasteiger partial charge >= 0.3 is 0 Å². The number of nitrogens with two attached hydrogens (primary N) is 1. The molecule has 0 amide bonds. The van der Waals surface area contributed by atoms with E-state index in [2.05, 4.69) is 29.5 Å². The molecule has 20 heavy (non-hydrogen) atoms. The van der Waals surface area contributed by atoms with E-state index < -0.39 is 0 Å². The number of para-hydroxylation sites is 1. The summed E-state index contributed by atoms with van der Waals surface area (Å²) < 4.78 is 0. The summed E-state index contributed by atoms with van der Waals surface area (Å²) in [5.74, 6) is 5.71. The fourth-order valence-electron chi connectivity index (χ4n) is 2.42. The smallest absolute Gasteiger partial charge is 0.0896 e. The predicted octanol–water partition coefficient (Wildman–Crippen LogP) is 2.49. The van der Waals surface area contributed by atoms with Gasteiger partial charge in [-0.15, -0.1) is 0 Å². The highest BCUT2D eigenvalue weighted by atomic mass is 15.2. The van der Waals surface area contributed by atoms with Crippen molar-refractivity contribution in [1.29, 1.82) is 0 Å². The van der Waals surface area contributed by atoms with Gasteiger partial charge in [-0.3, -0.25) is 15.8 Å². The third kappa shape index (κ3) is 2.27. The first-order valence-corrected chi connectivity index (χ1v) is 6.52. The van der Waals surface area contributed by atoms with Crippen LogP contribution in [0.4, 0.5) is 0 Å². The van der Waals surface area contributed by atoms with Crippen LogP contribution in [-0.2, 0) is 0 Å². The molecule has 1 atom stereocenters. The molecule has 0 saturated carbocycles. The van der Waals surface area contributed by atoms with Gasteiger partial charge in [0.1, 0.15) is 0 Å². The number of rotatable bonds is 3. The minimum absolute atomic E-state index is 0.160. The molecule has 4 heteroatoms. The monoisotopic (exact) mass is 264 g/mol. The topological polar surface area (TPSA) is 63.8 Å². The number of fused-ring (bicyclic) bond motifs is 1. The molecule has 0 spiro atoms. The predicted molar refractivity (Wildman–Crippen MR) is 79.9 cm³/mol. The lowest BCUT2D eigenvalue weighted by molar-refractivity contribution is 0.620. The average molecular weight is 264 g/mol. The van der Waals surface area contributed by atoms with Crippen LogP contribution in [0.25, 0.3) is 10.9 Å². The number of nitrogens with zero attached hydrogens (tertiary/aromatic N) is 2. The van der Waals surface area contributed by atoms with Gasteiger partial charge in [0, 0.05) is 17.8 Å². The average Bonchev–Trinajstić information content (AvgIpc) is 2.49. The van der Waals surface area contributed by atoms with Crippen molar-refractivity contribution >= 4 is 10.9 Å². The van der Waals surface area contributed by atoms with Crippen LogP contribution < -0.4 is 11.3 Å². The van der Waals surface area contributed by atoms with E-state index in [0.29, 0.717) is 0 Å². The summed E-state index contributed by atoms with van der Waals surface area (Å²) in [6, 6.07) is 13.9. The van der Waals surface area contributed by atoms with Crippen LogP contribution in [0.15, 0.2) is 54.9 Å². The number of hydrogen-bond donors (Lipinski definition) is 2. The maximum absolute atomic E-state index is 5.71. The van der Waals surface area contributed by atoms with Crippen LogP contribution in [-0.4, -0.2) is 9.97 Å². The van der Waals surface area contributed by atoms with Gasteiger partial charge < -0.3 is 0 Å². The van der Waals surface area contributed by atoms with Crippen molar-refractivity contribution in [1.82, 2.24) is 15.4 Å². The molecule has 3 rings (SSSR count). The Morgan fingerprint density at radius 2 is 2.00 bits per heavy atom. The molecule has 2 aromatic heterocycles. The van der Waals surface area contributed by atoms with E-state index in [0.717, 1.165) is 16.8 Å². The number of benzene rings is 1. The van der Waals surface area contributed by atoms with Crippen molar-refractivity contribution in [3.05, 3.63) is 71.7 Å². The van der Waals surface area contributed by atoms with Gasteiger partial charge in [0.25, 0.3) is 0 Å². The van der Waals surface area contributed by atoms with E-state index in [1.807, 2.05) is 30.3 Å². The zero-order valence-electron chi connectivity index (χ0n) is 11.2. The third-order valence-electron chi connectivity index (χ3n) is 3.42. The van der Waals surface area contributed by atoms with Crippen molar-refractivity contribution in [2.24, 2.45) is 5.84 Å². The third-order valence-corrected chi connectivity index (χ3v) is 3.42. The summed E-state index contributed by atoms with van der Waals surface area (Å²) >= 11 is 0. The van der Waals surface area contributed by atoms with E-state index >= 15 is 0 Å². The normalized spacial score (nSPS) is 12.5. The van der Waals surface area contributed by atoms with Crippen LogP contribution in [0.2, 0.25) is 0 Å². The van der Waals surface area contributed by atoms with E-state index in [1.54, 1.807) is 12.4 Å². The van der Waals surface area contributed by atoms with E-state index in [-0.39, 0.29) is 6.04 Å². The Morgan fingerprint density at radius 1 is 1.15 bits per heavy atom. The molecule has 1 aromatic carbocycles. The second-order valence-corrected chi connectivity index (χ2v) is 4.77. The highest BCUT2D eigenvalue weighted by molar-refractivity contribution is 5.82. The van der Waals surface area contributed by atoms with Crippen molar-refractivity contribution in [2.75, 3.05) is 0 Å². The molecular weight excluding hydrogens is 248 g/mol. The van der Waals surface area contributed by atoms with Crippen LogP contribution in [0.3, 0.4) is 0 Å². The molecule has 1 unspecified atom stereocenters. The van der Waals surface area contributed by atoms with Gasteiger partial charge in [0.05, 0.1) is 17.3 Å². The van der Waals surface area contributed by atoms with Gasteiger partial charge in [-0.05, 0) is 36.2 Å². The summed E-state index contributed by atoms with van der Waals surface area (Å²) in [6.07, 6.45) is 3.55. The summed E-state index contributed by atoms with van der Waals surface area (Å²) in [7, 11) is 0. The Bertz CT molecular complexity index is 725. The first kappa shape index (κ1) is 12.7. The number of hydrogen-bond acceptors (Lipinski definition) is 4. The molecule has 3 N–H and O–H groups in total. The zero-order valence-corrected chi connectivity index (χ0v) is 11.2. The van der Waals surface area contributed by atoms with Crippen molar-refractivity contribution in [3.63, 3.8) is 0 Å². The fraction of sp³-hybridized carbons (Fsp3) is 0.125. The fourth-order valence-corrected chi connectivity index (χ4v) is 2.42. The number of aromatic nitrogens is 2. The van der Waals surface area contributed by atoms with Crippen molar-refractivity contribution < 1.29 is 0 Å². The molecule has 0 aliphatic carbocycles.